The second-order valence-electron chi connectivity index (χ2n) is 5.71. The normalized spacial score (nSPS) is 11.0. The number of carbonyl (C=O) groups excluding carboxylic acids is 1. The summed E-state index contributed by atoms with van der Waals surface area (Å²) in [5.74, 6) is 1.75. The minimum absolute atomic E-state index is 0.350. The van der Waals surface area contributed by atoms with Gasteiger partial charge in [0.1, 0.15) is 17.2 Å². The van der Waals surface area contributed by atoms with Crippen molar-refractivity contribution in [2.24, 2.45) is 7.05 Å². The van der Waals surface area contributed by atoms with Gasteiger partial charge in [-0.2, -0.15) is 0 Å². The van der Waals surface area contributed by atoms with Crippen molar-refractivity contribution in [1.82, 2.24) is 4.57 Å². The van der Waals surface area contributed by atoms with Gasteiger partial charge >= 0.3 is 5.97 Å². The van der Waals surface area contributed by atoms with Crippen LogP contribution < -0.4 is 9.47 Å². The van der Waals surface area contributed by atoms with Crippen LogP contribution in [0.25, 0.3) is 17.0 Å². The van der Waals surface area contributed by atoms with E-state index >= 15 is 0 Å². The Morgan fingerprint density at radius 3 is 2.69 bits per heavy atom. The van der Waals surface area contributed by atoms with Crippen molar-refractivity contribution in [1.29, 1.82) is 0 Å². The van der Waals surface area contributed by atoms with Gasteiger partial charge in [0.25, 0.3) is 0 Å². The number of benzene rings is 2. The van der Waals surface area contributed by atoms with E-state index in [0.717, 1.165) is 22.2 Å². The van der Waals surface area contributed by atoms with Crippen molar-refractivity contribution >= 4 is 22.9 Å². The molecule has 3 rings (SSSR count). The molecule has 0 amide bonds. The number of aryl methyl sites for hydroxylation is 1. The Bertz CT molecular complexity index is 956. The number of fused-ring (bicyclic) bond motifs is 1. The fourth-order valence-electron chi connectivity index (χ4n) is 2.80. The topological polar surface area (TPSA) is 49.7 Å². The highest BCUT2D eigenvalue weighted by Gasteiger charge is 2.12. The first-order chi connectivity index (χ1) is 12.6. The second kappa shape index (κ2) is 7.78. The largest absolute Gasteiger partial charge is 0.497 e. The van der Waals surface area contributed by atoms with Gasteiger partial charge in [0, 0.05) is 36.3 Å². The van der Waals surface area contributed by atoms with E-state index in [-0.39, 0.29) is 5.97 Å². The number of carbonyl (C=O) groups is 1. The number of aromatic nitrogens is 1. The monoisotopic (exact) mass is 351 g/mol. The van der Waals surface area contributed by atoms with Crippen molar-refractivity contribution in [2.45, 2.75) is 6.92 Å². The lowest BCUT2D eigenvalue weighted by Gasteiger charge is -2.09. The van der Waals surface area contributed by atoms with Gasteiger partial charge in [-0.25, -0.2) is 4.79 Å². The molecule has 0 saturated heterocycles. The molecule has 0 atom stereocenters. The average Bonchev–Trinajstić information content (AvgIpc) is 2.97. The Labute approximate surface area is 152 Å². The fourth-order valence-corrected chi connectivity index (χ4v) is 2.80. The first kappa shape index (κ1) is 17.6. The van der Waals surface area contributed by atoms with Crippen molar-refractivity contribution in [3.8, 4) is 17.2 Å². The maximum absolute atomic E-state index is 11.6. The van der Waals surface area contributed by atoms with Crippen LogP contribution in [0.15, 0.2) is 54.7 Å². The third kappa shape index (κ3) is 3.72. The van der Waals surface area contributed by atoms with Crippen molar-refractivity contribution < 1.29 is 19.0 Å². The molecule has 0 radical (unpaired) electrons. The summed E-state index contributed by atoms with van der Waals surface area (Å²) in [6.07, 6.45) is 5.14. The van der Waals surface area contributed by atoms with Gasteiger partial charge in [-0.15, -0.1) is 0 Å². The molecule has 0 spiro atoms. The summed E-state index contributed by atoms with van der Waals surface area (Å²) in [4.78, 5) is 11.6. The SMILES string of the molecule is CCOC(=O)/C=C/c1cn(C)c2cccc(Oc3cccc(OC)c3)c12. The number of hydrogen-bond acceptors (Lipinski definition) is 4. The Morgan fingerprint density at radius 1 is 1.15 bits per heavy atom. The number of esters is 1. The van der Waals surface area contributed by atoms with E-state index in [9.17, 15) is 4.79 Å². The third-order valence-corrected chi connectivity index (χ3v) is 3.96. The van der Waals surface area contributed by atoms with Crippen LogP contribution in [0.2, 0.25) is 0 Å². The van der Waals surface area contributed by atoms with Gasteiger partial charge in [0.05, 0.1) is 19.2 Å². The van der Waals surface area contributed by atoms with E-state index in [1.54, 1.807) is 20.1 Å². The van der Waals surface area contributed by atoms with E-state index in [4.69, 9.17) is 14.2 Å². The summed E-state index contributed by atoms with van der Waals surface area (Å²) >= 11 is 0. The number of nitrogens with zero attached hydrogens (tertiary/aromatic N) is 1. The number of ether oxygens (including phenoxy) is 3. The molecule has 0 saturated carbocycles. The maximum atomic E-state index is 11.6. The quantitative estimate of drug-likeness (QED) is 0.483. The number of methoxy groups -OCH3 is 1. The molecule has 1 heterocycles. The van der Waals surface area contributed by atoms with Crippen LogP contribution in [-0.4, -0.2) is 24.3 Å². The van der Waals surface area contributed by atoms with Crippen LogP contribution in [0.5, 0.6) is 17.2 Å². The molecule has 0 bridgehead atoms. The highest BCUT2D eigenvalue weighted by molar-refractivity contribution is 5.97. The lowest BCUT2D eigenvalue weighted by molar-refractivity contribution is -0.137. The molecule has 5 nitrogen and oxygen atoms in total. The molecular formula is C21H21NO4. The summed E-state index contributed by atoms with van der Waals surface area (Å²) in [6, 6.07) is 13.3. The average molecular weight is 351 g/mol. The maximum Gasteiger partial charge on any atom is 0.330 e. The summed E-state index contributed by atoms with van der Waals surface area (Å²) in [6.45, 7) is 2.13. The van der Waals surface area contributed by atoms with Crippen molar-refractivity contribution in [3.63, 3.8) is 0 Å². The van der Waals surface area contributed by atoms with Crippen molar-refractivity contribution in [2.75, 3.05) is 13.7 Å². The molecule has 5 heteroatoms. The van der Waals surface area contributed by atoms with E-state index in [1.807, 2.05) is 60.3 Å². The first-order valence-corrected chi connectivity index (χ1v) is 8.37. The van der Waals surface area contributed by atoms with Crippen LogP contribution in [0.4, 0.5) is 0 Å². The zero-order valence-electron chi connectivity index (χ0n) is 15.1. The summed E-state index contributed by atoms with van der Waals surface area (Å²) in [7, 11) is 3.58. The van der Waals surface area contributed by atoms with Gasteiger partial charge in [-0.05, 0) is 37.3 Å². The first-order valence-electron chi connectivity index (χ1n) is 8.37. The fraction of sp³-hybridized carbons (Fsp3) is 0.190. The molecule has 1 aromatic heterocycles. The predicted octanol–water partition coefficient (Wildman–Crippen LogP) is 4.56. The Hall–Kier alpha value is -3.21. The number of rotatable bonds is 6. The summed E-state index contributed by atoms with van der Waals surface area (Å²) in [5.41, 5.74) is 1.89. The minimum atomic E-state index is -0.365. The molecule has 3 aromatic rings. The Balaban J connectivity index is 2.01. The summed E-state index contributed by atoms with van der Waals surface area (Å²) < 4.78 is 18.3. The zero-order valence-corrected chi connectivity index (χ0v) is 15.1. The van der Waals surface area contributed by atoms with Crippen LogP contribution in [0.1, 0.15) is 12.5 Å². The van der Waals surface area contributed by atoms with Crippen LogP contribution in [0.3, 0.4) is 0 Å². The molecule has 0 N–H and O–H groups in total. The van der Waals surface area contributed by atoms with Gasteiger partial charge in [-0.1, -0.05) is 12.1 Å². The van der Waals surface area contributed by atoms with Gasteiger partial charge in [0.15, 0.2) is 0 Å². The molecule has 26 heavy (non-hydrogen) atoms. The second-order valence-corrected chi connectivity index (χ2v) is 5.71. The van der Waals surface area contributed by atoms with E-state index < -0.39 is 0 Å². The van der Waals surface area contributed by atoms with Gasteiger partial charge < -0.3 is 18.8 Å². The molecule has 0 aliphatic rings. The summed E-state index contributed by atoms with van der Waals surface area (Å²) in [5, 5.41) is 0.929. The molecule has 2 aromatic carbocycles. The van der Waals surface area contributed by atoms with E-state index in [1.165, 1.54) is 6.08 Å². The van der Waals surface area contributed by atoms with Crippen LogP contribution >= 0.6 is 0 Å². The van der Waals surface area contributed by atoms with E-state index in [0.29, 0.717) is 18.1 Å². The van der Waals surface area contributed by atoms with Gasteiger partial charge in [-0.3, -0.25) is 0 Å². The molecule has 0 unspecified atom stereocenters. The standard InChI is InChI=1S/C21H21NO4/c1-4-25-20(23)12-11-15-14-22(2)18-9-6-10-19(21(15)18)26-17-8-5-7-16(13-17)24-3/h5-14H,4H2,1-3H3/b12-11+. The highest BCUT2D eigenvalue weighted by Crippen LogP contribution is 2.35. The Morgan fingerprint density at radius 2 is 1.92 bits per heavy atom. The molecule has 0 aliphatic carbocycles. The Kier molecular flexibility index (Phi) is 5.27. The highest BCUT2D eigenvalue weighted by atomic mass is 16.5. The lowest BCUT2D eigenvalue weighted by atomic mass is 10.1. The van der Waals surface area contributed by atoms with E-state index in [2.05, 4.69) is 0 Å². The van der Waals surface area contributed by atoms with Crippen LogP contribution in [-0.2, 0) is 16.6 Å². The van der Waals surface area contributed by atoms with Crippen molar-refractivity contribution in [3.05, 3.63) is 60.3 Å². The molecular weight excluding hydrogens is 330 g/mol. The molecule has 134 valence electrons. The van der Waals surface area contributed by atoms with Crippen LogP contribution in [0, 0.1) is 0 Å². The lowest BCUT2D eigenvalue weighted by Crippen LogP contribution is -1.98. The number of hydrogen-bond donors (Lipinski definition) is 0. The van der Waals surface area contributed by atoms with Gasteiger partial charge in [0.2, 0.25) is 0 Å². The smallest absolute Gasteiger partial charge is 0.330 e. The molecule has 0 aliphatic heterocycles. The minimum Gasteiger partial charge on any atom is -0.497 e. The predicted molar refractivity (Wildman–Crippen MR) is 102 cm³/mol. The third-order valence-electron chi connectivity index (χ3n) is 3.96. The molecule has 0 fully saturated rings. The zero-order chi connectivity index (χ0) is 18.5.